The van der Waals surface area contributed by atoms with Crippen molar-refractivity contribution >= 4 is 50.7 Å². The maximum Gasteiger partial charge on any atom is 0.242 e. The van der Waals surface area contributed by atoms with Gasteiger partial charge >= 0.3 is 0 Å². The number of sulfonamides is 1. The Kier molecular flexibility index (Phi) is 9.92. The van der Waals surface area contributed by atoms with Crippen molar-refractivity contribution in [1.82, 2.24) is 10.2 Å². The van der Waals surface area contributed by atoms with Crippen LogP contribution in [0.2, 0.25) is 10.0 Å². The molecule has 0 bridgehead atoms. The first kappa shape index (κ1) is 28.9. The fourth-order valence-electron chi connectivity index (χ4n) is 3.86. The fourth-order valence-corrected chi connectivity index (χ4v) is 5.14. The van der Waals surface area contributed by atoms with Gasteiger partial charge in [-0.25, -0.2) is 8.42 Å². The summed E-state index contributed by atoms with van der Waals surface area (Å²) in [6.07, 6.45) is 2.14. The molecule has 12 heteroatoms. The number of anilines is 1. The number of nitrogens with zero attached hydrogens (tertiary/aromatic N) is 2. The summed E-state index contributed by atoms with van der Waals surface area (Å²) in [4.78, 5) is 27.5. The van der Waals surface area contributed by atoms with Gasteiger partial charge in [0.05, 0.1) is 22.0 Å². The highest BCUT2D eigenvalue weighted by molar-refractivity contribution is 7.92. The monoisotopic (exact) mass is 571 g/mol. The van der Waals surface area contributed by atoms with Gasteiger partial charge in [-0.1, -0.05) is 36.2 Å². The summed E-state index contributed by atoms with van der Waals surface area (Å²) in [5.74, 6) is 0.445. The van der Waals surface area contributed by atoms with Gasteiger partial charge in [0, 0.05) is 32.1 Å². The predicted molar refractivity (Wildman–Crippen MR) is 144 cm³/mol. The van der Waals surface area contributed by atoms with Crippen molar-refractivity contribution in [3.63, 3.8) is 0 Å². The minimum Gasteiger partial charge on any atom is -0.454 e. The van der Waals surface area contributed by atoms with Gasteiger partial charge in [0.25, 0.3) is 0 Å². The standard InChI is InChI=1S/C25H31Cl2N3O6S/c1-4-11-28-25(32)17(2)29(15-18-7-9-20(26)21(27)13-18)24(31)6-5-12-30(37(3,33)34)19-8-10-22-23(14-19)36-16-35-22/h7-10,13-14,17H,4-6,11-12,15-16H2,1-3H3,(H,28,32)/t17-/m1/s1. The molecule has 1 heterocycles. The maximum atomic E-state index is 13.3. The molecule has 1 N–H and O–H groups in total. The van der Waals surface area contributed by atoms with Gasteiger partial charge in [-0.15, -0.1) is 0 Å². The Bertz CT molecular complexity index is 1240. The average Bonchev–Trinajstić information content (AvgIpc) is 3.32. The molecule has 1 aliphatic rings. The SMILES string of the molecule is CCCNC(=O)[C@@H](C)N(Cc1ccc(Cl)c(Cl)c1)C(=O)CCCN(c1ccc2c(c1)OCO2)S(C)(=O)=O. The topological polar surface area (TPSA) is 105 Å². The van der Waals surface area contributed by atoms with E-state index in [0.717, 1.165) is 18.2 Å². The van der Waals surface area contributed by atoms with Crippen molar-refractivity contribution in [2.45, 2.75) is 45.7 Å². The first-order valence-electron chi connectivity index (χ1n) is 11.9. The zero-order valence-corrected chi connectivity index (χ0v) is 23.3. The highest BCUT2D eigenvalue weighted by atomic mass is 35.5. The van der Waals surface area contributed by atoms with E-state index in [0.29, 0.717) is 33.8 Å². The first-order chi connectivity index (χ1) is 17.5. The summed E-state index contributed by atoms with van der Waals surface area (Å²) in [5.41, 5.74) is 1.13. The van der Waals surface area contributed by atoms with E-state index in [2.05, 4.69) is 5.32 Å². The van der Waals surface area contributed by atoms with E-state index >= 15 is 0 Å². The Balaban J connectivity index is 1.73. The van der Waals surface area contributed by atoms with E-state index in [1.807, 2.05) is 6.92 Å². The molecule has 202 valence electrons. The van der Waals surface area contributed by atoms with Crippen LogP contribution in [0.4, 0.5) is 5.69 Å². The summed E-state index contributed by atoms with van der Waals surface area (Å²) in [5, 5.41) is 3.56. The highest BCUT2D eigenvalue weighted by Crippen LogP contribution is 2.36. The van der Waals surface area contributed by atoms with E-state index in [1.54, 1.807) is 43.3 Å². The van der Waals surface area contributed by atoms with E-state index < -0.39 is 16.1 Å². The third-order valence-corrected chi connectivity index (χ3v) is 7.78. The third-order valence-electron chi connectivity index (χ3n) is 5.85. The van der Waals surface area contributed by atoms with Crippen molar-refractivity contribution in [2.24, 2.45) is 0 Å². The third kappa shape index (κ3) is 7.66. The smallest absolute Gasteiger partial charge is 0.242 e. The molecule has 37 heavy (non-hydrogen) atoms. The molecule has 9 nitrogen and oxygen atoms in total. The molecule has 0 fully saturated rings. The number of hydrogen-bond acceptors (Lipinski definition) is 6. The number of ether oxygens (including phenoxy) is 2. The number of carbonyl (C=O) groups is 2. The molecule has 3 rings (SSSR count). The highest BCUT2D eigenvalue weighted by Gasteiger charge is 2.27. The Hall–Kier alpha value is -2.69. The number of fused-ring (bicyclic) bond motifs is 1. The predicted octanol–water partition coefficient (Wildman–Crippen LogP) is 4.21. The second-order valence-corrected chi connectivity index (χ2v) is 11.4. The Morgan fingerprint density at radius 3 is 2.49 bits per heavy atom. The lowest BCUT2D eigenvalue weighted by atomic mass is 10.1. The molecular formula is C25H31Cl2N3O6S. The number of amides is 2. The summed E-state index contributed by atoms with van der Waals surface area (Å²) < 4.78 is 36.9. The van der Waals surface area contributed by atoms with Crippen molar-refractivity contribution in [3.8, 4) is 11.5 Å². The van der Waals surface area contributed by atoms with Crippen molar-refractivity contribution < 1.29 is 27.5 Å². The molecule has 0 saturated carbocycles. The van der Waals surface area contributed by atoms with Crippen molar-refractivity contribution in [3.05, 3.63) is 52.0 Å². The molecule has 1 atom stereocenters. The summed E-state index contributed by atoms with van der Waals surface area (Å²) in [7, 11) is -3.63. The minimum absolute atomic E-state index is 0.0310. The molecule has 0 aromatic heterocycles. The lowest BCUT2D eigenvalue weighted by molar-refractivity contribution is -0.140. The number of benzene rings is 2. The molecule has 0 spiro atoms. The molecule has 2 amide bonds. The summed E-state index contributed by atoms with van der Waals surface area (Å²) in [6.45, 7) is 4.39. The van der Waals surface area contributed by atoms with Crippen LogP contribution in [0, 0.1) is 0 Å². The van der Waals surface area contributed by atoms with Crippen LogP contribution in [0.5, 0.6) is 11.5 Å². The Labute approximate surface area is 227 Å². The lowest BCUT2D eigenvalue weighted by Gasteiger charge is -2.29. The first-order valence-corrected chi connectivity index (χ1v) is 14.5. The summed E-state index contributed by atoms with van der Waals surface area (Å²) >= 11 is 12.2. The minimum atomic E-state index is -3.63. The average molecular weight is 573 g/mol. The van der Waals surface area contributed by atoms with Gasteiger partial charge < -0.3 is 19.7 Å². The maximum absolute atomic E-state index is 13.3. The Morgan fingerprint density at radius 1 is 1.08 bits per heavy atom. The van der Waals surface area contributed by atoms with Gasteiger partial charge in [-0.3, -0.25) is 13.9 Å². The number of carbonyl (C=O) groups excluding carboxylic acids is 2. The van der Waals surface area contributed by atoms with Crippen LogP contribution in [-0.2, 0) is 26.2 Å². The van der Waals surface area contributed by atoms with Crippen LogP contribution < -0.4 is 19.1 Å². The molecule has 0 unspecified atom stereocenters. The van der Waals surface area contributed by atoms with Crippen LogP contribution in [-0.4, -0.2) is 57.3 Å². The largest absolute Gasteiger partial charge is 0.454 e. The van der Waals surface area contributed by atoms with Gasteiger partial charge in [0.15, 0.2) is 11.5 Å². The van der Waals surface area contributed by atoms with Gasteiger partial charge in [0.2, 0.25) is 28.6 Å². The molecular weight excluding hydrogens is 541 g/mol. The molecule has 2 aromatic rings. The fraction of sp³-hybridized carbons (Fsp3) is 0.440. The zero-order chi connectivity index (χ0) is 27.2. The Morgan fingerprint density at radius 2 is 1.81 bits per heavy atom. The number of halogens is 2. The van der Waals surface area contributed by atoms with Crippen LogP contribution in [0.15, 0.2) is 36.4 Å². The quantitative estimate of drug-likeness (QED) is 0.409. The van der Waals surface area contributed by atoms with E-state index in [9.17, 15) is 18.0 Å². The van der Waals surface area contributed by atoms with Crippen LogP contribution in [0.3, 0.4) is 0 Å². The van der Waals surface area contributed by atoms with Gasteiger partial charge in [-0.2, -0.15) is 0 Å². The normalized spacial score (nSPS) is 13.2. The van der Waals surface area contributed by atoms with Crippen LogP contribution >= 0.6 is 23.2 Å². The second kappa shape index (κ2) is 12.7. The second-order valence-electron chi connectivity index (χ2n) is 8.71. The van der Waals surface area contributed by atoms with Gasteiger partial charge in [0.1, 0.15) is 6.04 Å². The van der Waals surface area contributed by atoms with Crippen LogP contribution in [0.25, 0.3) is 0 Å². The molecule has 1 aliphatic heterocycles. The molecule has 0 radical (unpaired) electrons. The van der Waals surface area contributed by atoms with E-state index in [4.69, 9.17) is 32.7 Å². The van der Waals surface area contributed by atoms with Crippen molar-refractivity contribution in [2.75, 3.05) is 30.4 Å². The number of rotatable bonds is 12. The van der Waals surface area contributed by atoms with Crippen LogP contribution in [0.1, 0.15) is 38.7 Å². The van der Waals surface area contributed by atoms with E-state index in [1.165, 1.54) is 9.21 Å². The lowest BCUT2D eigenvalue weighted by Crippen LogP contribution is -2.47. The van der Waals surface area contributed by atoms with E-state index in [-0.39, 0.29) is 44.5 Å². The number of nitrogens with one attached hydrogen (secondary N) is 1. The number of hydrogen-bond donors (Lipinski definition) is 1. The molecule has 2 aromatic carbocycles. The van der Waals surface area contributed by atoms with Gasteiger partial charge in [-0.05, 0) is 49.6 Å². The van der Waals surface area contributed by atoms with Crippen molar-refractivity contribution in [1.29, 1.82) is 0 Å². The molecule has 0 aliphatic carbocycles. The zero-order valence-electron chi connectivity index (χ0n) is 21.0. The summed E-state index contributed by atoms with van der Waals surface area (Å²) in [6, 6.07) is 9.18. The molecule has 0 saturated heterocycles.